The zero-order valence-corrected chi connectivity index (χ0v) is 15.6. The highest BCUT2D eigenvalue weighted by Gasteiger charge is 2.08. The number of nitrogens with zero attached hydrogens (tertiary/aromatic N) is 3. The summed E-state index contributed by atoms with van der Waals surface area (Å²) in [6.07, 6.45) is 3.78. The third-order valence-corrected chi connectivity index (χ3v) is 3.55. The second-order valence-corrected chi connectivity index (χ2v) is 6.21. The molecule has 0 saturated carbocycles. The van der Waals surface area contributed by atoms with Crippen molar-refractivity contribution in [3.8, 4) is 28.8 Å². The quantitative estimate of drug-likeness (QED) is 0.612. The number of nitrogens with one attached hydrogen (secondary N) is 1. The first-order chi connectivity index (χ1) is 13.5. The molecule has 3 aromatic rings. The maximum absolute atomic E-state index is 10.7. The number of amides is 2. The molecule has 0 aliphatic carbocycles. The van der Waals surface area contributed by atoms with Crippen LogP contribution in [-0.4, -0.2) is 33.8 Å². The summed E-state index contributed by atoms with van der Waals surface area (Å²) in [6.45, 7) is 4.25. The van der Waals surface area contributed by atoms with Crippen LogP contribution in [0.2, 0.25) is 0 Å². The van der Waals surface area contributed by atoms with Crippen LogP contribution in [0.15, 0.2) is 47.2 Å². The summed E-state index contributed by atoms with van der Waals surface area (Å²) in [5.74, 6) is 2.16. The van der Waals surface area contributed by atoms with Gasteiger partial charge in [-0.15, -0.1) is 0 Å². The summed E-state index contributed by atoms with van der Waals surface area (Å²) in [6, 6.07) is 8.29. The number of urea groups is 1. The molecule has 0 saturated heterocycles. The van der Waals surface area contributed by atoms with E-state index in [1.54, 1.807) is 36.7 Å². The number of aromatic nitrogens is 3. The average molecular weight is 383 g/mol. The van der Waals surface area contributed by atoms with E-state index in [0.717, 1.165) is 5.56 Å². The van der Waals surface area contributed by atoms with Gasteiger partial charge in [0.25, 0.3) is 0 Å². The first kappa shape index (κ1) is 19.2. The number of ether oxygens (including phenoxy) is 2. The third kappa shape index (κ3) is 5.44. The molecule has 3 heterocycles. The van der Waals surface area contributed by atoms with E-state index >= 15 is 0 Å². The largest absolute Gasteiger partial charge is 0.475 e. The van der Waals surface area contributed by atoms with Crippen LogP contribution in [0.25, 0.3) is 11.3 Å². The number of carbonyl (C=O) groups is 1. The SMILES string of the molecule is CC(C)Oc1ccc(Oc2ccc(-c3cc(CCNC(N)=O)on3)cn2)cn1. The van der Waals surface area contributed by atoms with Crippen molar-refractivity contribution >= 4 is 6.03 Å². The number of primary amides is 1. The summed E-state index contributed by atoms with van der Waals surface area (Å²) in [5, 5.41) is 6.50. The first-order valence-electron chi connectivity index (χ1n) is 8.75. The zero-order chi connectivity index (χ0) is 19.9. The number of pyridine rings is 2. The Morgan fingerprint density at radius 1 is 1.18 bits per heavy atom. The lowest BCUT2D eigenvalue weighted by Gasteiger charge is -2.09. The van der Waals surface area contributed by atoms with Crippen LogP contribution < -0.4 is 20.5 Å². The Labute approximate surface area is 161 Å². The number of carbonyl (C=O) groups excluding carboxylic acids is 1. The van der Waals surface area contributed by atoms with Crippen molar-refractivity contribution < 1.29 is 18.8 Å². The van der Waals surface area contributed by atoms with Crippen LogP contribution in [0.1, 0.15) is 19.6 Å². The van der Waals surface area contributed by atoms with Gasteiger partial charge in [0.05, 0.1) is 12.3 Å². The third-order valence-electron chi connectivity index (χ3n) is 3.55. The Morgan fingerprint density at radius 2 is 1.96 bits per heavy atom. The Kier molecular flexibility index (Phi) is 6.05. The van der Waals surface area contributed by atoms with Crippen molar-refractivity contribution in [2.75, 3.05) is 6.54 Å². The molecule has 2 amide bonds. The minimum atomic E-state index is -0.572. The molecule has 146 valence electrons. The van der Waals surface area contributed by atoms with Gasteiger partial charge in [0.15, 0.2) is 0 Å². The Morgan fingerprint density at radius 3 is 2.61 bits per heavy atom. The molecule has 0 unspecified atom stereocenters. The predicted molar refractivity (Wildman–Crippen MR) is 101 cm³/mol. The maximum atomic E-state index is 10.7. The number of rotatable bonds is 8. The summed E-state index contributed by atoms with van der Waals surface area (Å²) in [7, 11) is 0. The van der Waals surface area contributed by atoms with Gasteiger partial charge in [-0.1, -0.05) is 5.16 Å². The normalized spacial score (nSPS) is 10.7. The highest BCUT2D eigenvalue weighted by atomic mass is 16.5. The van der Waals surface area contributed by atoms with E-state index in [0.29, 0.717) is 41.9 Å². The number of nitrogens with two attached hydrogens (primary N) is 1. The molecule has 0 radical (unpaired) electrons. The highest BCUT2D eigenvalue weighted by molar-refractivity contribution is 5.71. The van der Waals surface area contributed by atoms with E-state index in [9.17, 15) is 4.79 Å². The fraction of sp³-hybridized carbons (Fsp3) is 0.263. The molecule has 0 atom stereocenters. The Balaban J connectivity index is 1.59. The number of hydrogen-bond donors (Lipinski definition) is 2. The van der Waals surface area contributed by atoms with Crippen LogP contribution >= 0.6 is 0 Å². The Hall–Kier alpha value is -3.62. The second-order valence-electron chi connectivity index (χ2n) is 6.21. The van der Waals surface area contributed by atoms with Gasteiger partial charge < -0.3 is 25.0 Å². The molecule has 3 rings (SSSR count). The van der Waals surface area contributed by atoms with Crippen molar-refractivity contribution in [2.24, 2.45) is 5.73 Å². The lowest BCUT2D eigenvalue weighted by atomic mass is 10.2. The lowest BCUT2D eigenvalue weighted by molar-refractivity contribution is 0.232. The van der Waals surface area contributed by atoms with E-state index in [1.807, 2.05) is 19.9 Å². The molecule has 28 heavy (non-hydrogen) atoms. The van der Waals surface area contributed by atoms with Crippen LogP contribution in [-0.2, 0) is 6.42 Å². The molecule has 3 N–H and O–H groups in total. The fourth-order valence-electron chi connectivity index (χ4n) is 2.33. The van der Waals surface area contributed by atoms with Crippen molar-refractivity contribution in [2.45, 2.75) is 26.4 Å². The molecule has 9 nitrogen and oxygen atoms in total. The monoisotopic (exact) mass is 383 g/mol. The molecule has 0 aromatic carbocycles. The van der Waals surface area contributed by atoms with Crippen molar-refractivity contribution in [3.05, 3.63) is 48.5 Å². The molecule has 0 bridgehead atoms. The van der Waals surface area contributed by atoms with Crippen LogP contribution in [0.3, 0.4) is 0 Å². The van der Waals surface area contributed by atoms with Crippen LogP contribution in [0.5, 0.6) is 17.5 Å². The molecular formula is C19H21N5O4. The fourth-order valence-corrected chi connectivity index (χ4v) is 2.33. The minimum absolute atomic E-state index is 0.0601. The van der Waals surface area contributed by atoms with E-state index in [4.69, 9.17) is 19.7 Å². The molecule has 0 aliphatic rings. The van der Waals surface area contributed by atoms with Crippen molar-refractivity contribution in [1.82, 2.24) is 20.4 Å². The molecule has 9 heteroatoms. The van der Waals surface area contributed by atoms with Gasteiger partial charge >= 0.3 is 6.03 Å². The summed E-state index contributed by atoms with van der Waals surface area (Å²) in [5.41, 5.74) is 6.45. The smallest absolute Gasteiger partial charge is 0.312 e. The molecular weight excluding hydrogens is 362 g/mol. The lowest BCUT2D eigenvalue weighted by Crippen LogP contribution is -2.30. The van der Waals surface area contributed by atoms with Gasteiger partial charge in [-0.25, -0.2) is 14.8 Å². The van der Waals surface area contributed by atoms with Crippen LogP contribution in [0, 0.1) is 0 Å². The molecule has 0 fully saturated rings. The van der Waals surface area contributed by atoms with Gasteiger partial charge in [-0.3, -0.25) is 0 Å². The predicted octanol–water partition coefficient (Wildman–Crippen LogP) is 2.92. The van der Waals surface area contributed by atoms with E-state index in [-0.39, 0.29) is 6.10 Å². The second kappa shape index (κ2) is 8.85. The van der Waals surface area contributed by atoms with Crippen LogP contribution in [0.4, 0.5) is 4.79 Å². The summed E-state index contributed by atoms with van der Waals surface area (Å²) < 4.78 is 16.4. The van der Waals surface area contributed by atoms with Gasteiger partial charge in [0.1, 0.15) is 17.2 Å². The molecule has 0 aliphatic heterocycles. The average Bonchev–Trinajstić information content (AvgIpc) is 3.12. The zero-order valence-electron chi connectivity index (χ0n) is 15.6. The van der Waals surface area contributed by atoms with E-state index in [1.165, 1.54) is 0 Å². The van der Waals surface area contributed by atoms with Gasteiger partial charge in [0, 0.05) is 42.9 Å². The van der Waals surface area contributed by atoms with Gasteiger partial charge in [0.2, 0.25) is 11.8 Å². The topological polar surface area (TPSA) is 125 Å². The van der Waals surface area contributed by atoms with E-state index in [2.05, 4.69) is 20.4 Å². The van der Waals surface area contributed by atoms with Crippen molar-refractivity contribution in [3.63, 3.8) is 0 Å². The first-order valence-corrected chi connectivity index (χ1v) is 8.75. The minimum Gasteiger partial charge on any atom is -0.475 e. The van der Waals surface area contributed by atoms with E-state index < -0.39 is 6.03 Å². The maximum Gasteiger partial charge on any atom is 0.312 e. The standard InChI is InChI=1S/C19H21N5O4/c1-12(2)26-17-6-4-15(11-23-17)27-18-5-3-13(10-22-18)16-9-14(28-24-16)7-8-21-19(20)25/h3-6,9-12H,7-8H2,1-2H3,(H3,20,21,25). The molecule has 0 spiro atoms. The summed E-state index contributed by atoms with van der Waals surface area (Å²) >= 11 is 0. The molecule has 3 aromatic heterocycles. The Bertz CT molecular complexity index is 907. The van der Waals surface area contributed by atoms with Gasteiger partial charge in [-0.2, -0.15) is 0 Å². The summed E-state index contributed by atoms with van der Waals surface area (Å²) in [4.78, 5) is 19.1. The van der Waals surface area contributed by atoms with Crippen molar-refractivity contribution in [1.29, 1.82) is 0 Å². The highest BCUT2D eigenvalue weighted by Crippen LogP contribution is 2.24. The number of hydrogen-bond acceptors (Lipinski definition) is 7. The van der Waals surface area contributed by atoms with Gasteiger partial charge in [-0.05, 0) is 26.0 Å².